The van der Waals surface area contributed by atoms with Crippen molar-refractivity contribution in [3.8, 4) is 0 Å². The van der Waals surface area contributed by atoms with Gasteiger partial charge in [-0.2, -0.15) is 0 Å². The normalized spacial score (nSPS) is 10.8. The van der Waals surface area contributed by atoms with E-state index in [0.717, 1.165) is 0 Å². The lowest BCUT2D eigenvalue weighted by Crippen LogP contribution is -1.96. The maximum absolute atomic E-state index is 4.15. The summed E-state index contributed by atoms with van der Waals surface area (Å²) < 4.78 is 0. The molecular weight excluding hydrogens is 204 g/mol. The summed E-state index contributed by atoms with van der Waals surface area (Å²) in [5.74, 6) is 0. The molecule has 0 heterocycles. The molecule has 17 heavy (non-hydrogen) atoms. The van der Waals surface area contributed by atoms with Crippen molar-refractivity contribution in [3.63, 3.8) is 0 Å². The van der Waals surface area contributed by atoms with Crippen molar-refractivity contribution in [2.75, 3.05) is 0 Å². The zero-order valence-electron chi connectivity index (χ0n) is 11.8. The van der Waals surface area contributed by atoms with Crippen molar-refractivity contribution in [1.82, 2.24) is 0 Å². The van der Waals surface area contributed by atoms with Crippen LogP contribution in [0.25, 0.3) is 0 Å². The van der Waals surface area contributed by atoms with Gasteiger partial charge in [0.15, 0.2) is 0 Å². The van der Waals surface area contributed by atoms with Crippen LogP contribution in [0.5, 0.6) is 0 Å². The fraction of sp³-hybridized carbons (Fsp3) is 0.588. The second kappa shape index (κ2) is 7.53. The van der Waals surface area contributed by atoms with Crippen LogP contribution in [0, 0.1) is 20.8 Å². The molecule has 1 aromatic carbocycles. The van der Waals surface area contributed by atoms with Crippen LogP contribution < -0.4 is 0 Å². The molecule has 95 valence electrons. The highest BCUT2D eigenvalue weighted by Crippen LogP contribution is 2.20. The molecule has 0 saturated carbocycles. The van der Waals surface area contributed by atoms with Gasteiger partial charge in [0, 0.05) is 0 Å². The Balaban J connectivity index is 2.39. The summed E-state index contributed by atoms with van der Waals surface area (Å²) in [7, 11) is 0. The zero-order chi connectivity index (χ0) is 12.7. The number of aryl methyl sites for hydroxylation is 1. The van der Waals surface area contributed by atoms with Gasteiger partial charge >= 0.3 is 0 Å². The summed E-state index contributed by atoms with van der Waals surface area (Å²) in [5, 5.41) is 0. The van der Waals surface area contributed by atoms with Gasteiger partial charge in [0.2, 0.25) is 0 Å². The first-order valence-electron chi connectivity index (χ1n) is 7.07. The predicted octanol–water partition coefficient (Wildman–Crippen LogP) is 5.39. The maximum Gasteiger partial charge on any atom is -0.0235 e. The Labute approximate surface area is 107 Å². The highest BCUT2D eigenvalue weighted by Gasteiger charge is 2.04. The molecule has 0 aromatic heterocycles. The Hall–Kier alpha value is -0.780. The smallest absolute Gasteiger partial charge is 0.0235 e. The van der Waals surface area contributed by atoms with Crippen molar-refractivity contribution >= 4 is 0 Å². The first-order valence-corrected chi connectivity index (χ1v) is 7.07. The van der Waals surface area contributed by atoms with Crippen LogP contribution in [0.1, 0.15) is 67.7 Å². The van der Waals surface area contributed by atoms with Gasteiger partial charge < -0.3 is 0 Å². The molecule has 0 aliphatic heterocycles. The average molecular weight is 231 g/mol. The standard InChI is InChI=1S/C17H27/c1-5-6-7-8-9-10-11-17-15(3)13-12-14(2)16(17)4/h12-13H,3,5-11H2,1-2,4H3. The van der Waals surface area contributed by atoms with Crippen LogP contribution in [0.4, 0.5) is 0 Å². The lowest BCUT2D eigenvalue weighted by Gasteiger charge is -2.12. The van der Waals surface area contributed by atoms with E-state index in [-0.39, 0.29) is 0 Å². The molecule has 0 aliphatic carbocycles. The molecule has 0 heteroatoms. The third kappa shape index (κ3) is 4.53. The molecule has 0 amide bonds. The molecule has 1 aromatic rings. The Kier molecular flexibility index (Phi) is 6.32. The Morgan fingerprint density at radius 3 is 2.29 bits per heavy atom. The number of benzene rings is 1. The van der Waals surface area contributed by atoms with E-state index >= 15 is 0 Å². The number of hydrogen-bond donors (Lipinski definition) is 0. The molecule has 0 unspecified atom stereocenters. The summed E-state index contributed by atoms with van der Waals surface area (Å²) in [6.45, 7) is 10.8. The van der Waals surface area contributed by atoms with Crippen LogP contribution in [0.3, 0.4) is 0 Å². The van der Waals surface area contributed by atoms with E-state index in [2.05, 4.69) is 39.8 Å². The number of rotatable bonds is 7. The summed E-state index contributed by atoms with van der Waals surface area (Å²) in [5.41, 5.74) is 5.56. The molecule has 0 bridgehead atoms. The number of unbranched alkanes of at least 4 members (excludes halogenated alkanes) is 5. The van der Waals surface area contributed by atoms with Crippen LogP contribution in [-0.4, -0.2) is 0 Å². The van der Waals surface area contributed by atoms with E-state index < -0.39 is 0 Å². The van der Waals surface area contributed by atoms with E-state index in [1.165, 1.54) is 67.2 Å². The fourth-order valence-electron chi connectivity index (χ4n) is 2.36. The quantitative estimate of drug-likeness (QED) is 0.552. The van der Waals surface area contributed by atoms with Gasteiger partial charge in [-0.15, -0.1) is 0 Å². The Morgan fingerprint density at radius 2 is 1.59 bits per heavy atom. The summed E-state index contributed by atoms with van der Waals surface area (Å²) >= 11 is 0. The largest absolute Gasteiger partial charge is 0.0654 e. The molecular formula is C17H27. The van der Waals surface area contributed by atoms with Gasteiger partial charge in [0.1, 0.15) is 0 Å². The van der Waals surface area contributed by atoms with Crippen molar-refractivity contribution in [2.45, 2.75) is 65.7 Å². The molecule has 0 nitrogen and oxygen atoms in total. The molecule has 0 atom stereocenters. The average Bonchev–Trinajstić information content (AvgIpc) is 2.32. The van der Waals surface area contributed by atoms with Crippen LogP contribution in [0.2, 0.25) is 0 Å². The topological polar surface area (TPSA) is 0 Å². The van der Waals surface area contributed by atoms with Crippen molar-refractivity contribution in [3.05, 3.63) is 41.3 Å². The molecule has 0 saturated heterocycles. The van der Waals surface area contributed by atoms with Crippen molar-refractivity contribution < 1.29 is 0 Å². The third-order valence-corrected chi connectivity index (χ3v) is 3.75. The van der Waals surface area contributed by atoms with Gasteiger partial charge in [0.05, 0.1) is 0 Å². The van der Waals surface area contributed by atoms with Crippen LogP contribution in [0.15, 0.2) is 12.1 Å². The first kappa shape index (κ1) is 14.3. The SMILES string of the molecule is [CH2]c1ccc(C)c(C)c1CCCCCCCC. The molecule has 1 rings (SSSR count). The minimum absolute atomic E-state index is 1.21. The second-order valence-electron chi connectivity index (χ2n) is 5.16. The van der Waals surface area contributed by atoms with Gasteiger partial charge in [-0.1, -0.05) is 51.2 Å². The predicted molar refractivity (Wildman–Crippen MR) is 77.5 cm³/mol. The van der Waals surface area contributed by atoms with E-state index in [0.29, 0.717) is 0 Å². The second-order valence-corrected chi connectivity index (χ2v) is 5.16. The van der Waals surface area contributed by atoms with Gasteiger partial charge in [-0.3, -0.25) is 0 Å². The van der Waals surface area contributed by atoms with E-state index in [4.69, 9.17) is 0 Å². The summed E-state index contributed by atoms with van der Waals surface area (Å²) in [6, 6.07) is 4.34. The molecule has 1 radical (unpaired) electrons. The molecule has 0 spiro atoms. The van der Waals surface area contributed by atoms with Crippen molar-refractivity contribution in [1.29, 1.82) is 0 Å². The van der Waals surface area contributed by atoms with Crippen LogP contribution in [-0.2, 0) is 6.42 Å². The lowest BCUT2D eigenvalue weighted by molar-refractivity contribution is 0.606. The van der Waals surface area contributed by atoms with Crippen molar-refractivity contribution in [2.24, 2.45) is 0 Å². The lowest BCUT2D eigenvalue weighted by atomic mass is 9.94. The minimum Gasteiger partial charge on any atom is -0.0654 e. The molecule has 0 N–H and O–H groups in total. The highest BCUT2D eigenvalue weighted by molar-refractivity contribution is 5.41. The Morgan fingerprint density at radius 1 is 0.941 bits per heavy atom. The summed E-state index contributed by atoms with van der Waals surface area (Å²) in [4.78, 5) is 0. The highest BCUT2D eigenvalue weighted by atomic mass is 14.1. The molecule has 0 aliphatic rings. The fourth-order valence-corrected chi connectivity index (χ4v) is 2.36. The van der Waals surface area contributed by atoms with E-state index in [1.807, 2.05) is 0 Å². The van der Waals surface area contributed by atoms with Gasteiger partial charge in [-0.25, -0.2) is 0 Å². The number of hydrogen-bond acceptors (Lipinski definition) is 0. The molecule has 0 fully saturated rings. The van der Waals surface area contributed by atoms with Gasteiger partial charge in [-0.05, 0) is 55.9 Å². The third-order valence-electron chi connectivity index (χ3n) is 3.75. The first-order chi connectivity index (χ1) is 8.16. The maximum atomic E-state index is 4.15. The van der Waals surface area contributed by atoms with Crippen LogP contribution >= 0.6 is 0 Å². The Bertz CT molecular complexity index is 336. The minimum atomic E-state index is 1.21. The van der Waals surface area contributed by atoms with E-state index in [1.54, 1.807) is 0 Å². The zero-order valence-corrected chi connectivity index (χ0v) is 11.8. The van der Waals surface area contributed by atoms with E-state index in [9.17, 15) is 0 Å². The monoisotopic (exact) mass is 231 g/mol. The summed E-state index contributed by atoms with van der Waals surface area (Å²) in [6.07, 6.45) is 9.41. The van der Waals surface area contributed by atoms with Gasteiger partial charge in [0.25, 0.3) is 0 Å².